The summed E-state index contributed by atoms with van der Waals surface area (Å²) in [7, 11) is 0. The molecular formula is C9H16N4O. The van der Waals surface area contributed by atoms with Crippen molar-refractivity contribution in [3.63, 3.8) is 0 Å². The molecule has 5 nitrogen and oxygen atoms in total. The van der Waals surface area contributed by atoms with Crippen LogP contribution in [0.4, 0.5) is 0 Å². The van der Waals surface area contributed by atoms with Gasteiger partial charge in [0, 0.05) is 12.1 Å². The molecule has 0 amide bonds. The monoisotopic (exact) mass is 196 g/mol. The molecule has 1 heterocycles. The first-order valence-corrected chi connectivity index (χ1v) is 5.02. The fourth-order valence-electron chi connectivity index (χ4n) is 1.50. The third-order valence-corrected chi connectivity index (χ3v) is 2.77. The summed E-state index contributed by atoms with van der Waals surface area (Å²) in [6, 6.07) is 0. The van der Waals surface area contributed by atoms with E-state index in [-0.39, 0.29) is 12.1 Å². The highest BCUT2D eigenvalue weighted by Crippen LogP contribution is 2.34. The summed E-state index contributed by atoms with van der Waals surface area (Å²) < 4.78 is 1.86. The molecule has 0 aliphatic heterocycles. The predicted molar refractivity (Wildman–Crippen MR) is 51.6 cm³/mol. The van der Waals surface area contributed by atoms with E-state index >= 15 is 0 Å². The van der Waals surface area contributed by atoms with Crippen molar-refractivity contribution in [1.82, 2.24) is 20.1 Å². The van der Waals surface area contributed by atoms with Crippen molar-refractivity contribution in [2.24, 2.45) is 0 Å². The van der Waals surface area contributed by atoms with Crippen LogP contribution in [0.25, 0.3) is 0 Å². The van der Waals surface area contributed by atoms with Gasteiger partial charge < -0.3 is 10.4 Å². The van der Waals surface area contributed by atoms with Crippen molar-refractivity contribution in [1.29, 1.82) is 0 Å². The minimum absolute atomic E-state index is 0.0233. The van der Waals surface area contributed by atoms with E-state index in [9.17, 15) is 0 Å². The lowest BCUT2D eigenvalue weighted by atomic mass is 10.3. The molecule has 14 heavy (non-hydrogen) atoms. The van der Waals surface area contributed by atoms with Crippen molar-refractivity contribution in [2.45, 2.75) is 38.4 Å². The number of nitrogens with one attached hydrogen (secondary N) is 1. The van der Waals surface area contributed by atoms with Crippen LogP contribution in [0, 0.1) is 0 Å². The minimum atomic E-state index is -0.0233. The standard InChI is InChI=1S/C9H16N4O/c1-2-13-8(10-7-12-13)5-11-9(6-14)3-4-9/h7,11,14H,2-6H2,1H3. The van der Waals surface area contributed by atoms with Gasteiger partial charge in [0.1, 0.15) is 12.2 Å². The molecule has 1 fully saturated rings. The Labute approximate surface area is 83.2 Å². The molecule has 2 rings (SSSR count). The highest BCUT2D eigenvalue weighted by atomic mass is 16.3. The molecule has 0 bridgehead atoms. The first-order valence-electron chi connectivity index (χ1n) is 5.02. The smallest absolute Gasteiger partial charge is 0.140 e. The van der Waals surface area contributed by atoms with Crippen LogP contribution in [0.15, 0.2) is 6.33 Å². The number of aromatic nitrogens is 3. The van der Waals surface area contributed by atoms with Gasteiger partial charge in [0.05, 0.1) is 13.2 Å². The highest BCUT2D eigenvalue weighted by Gasteiger charge is 2.41. The summed E-state index contributed by atoms with van der Waals surface area (Å²) in [6.45, 7) is 3.78. The lowest BCUT2D eigenvalue weighted by Gasteiger charge is -2.13. The second kappa shape index (κ2) is 3.67. The van der Waals surface area contributed by atoms with Gasteiger partial charge >= 0.3 is 0 Å². The molecular weight excluding hydrogens is 180 g/mol. The fourth-order valence-corrected chi connectivity index (χ4v) is 1.50. The summed E-state index contributed by atoms with van der Waals surface area (Å²) >= 11 is 0. The summed E-state index contributed by atoms with van der Waals surface area (Å²) in [6.07, 6.45) is 3.69. The zero-order chi connectivity index (χ0) is 10.0. The Kier molecular flexibility index (Phi) is 2.52. The molecule has 0 spiro atoms. The molecule has 1 saturated carbocycles. The number of hydrogen-bond donors (Lipinski definition) is 2. The molecule has 0 saturated heterocycles. The second-order valence-electron chi connectivity index (χ2n) is 3.78. The molecule has 1 aromatic rings. The molecule has 0 aromatic carbocycles. The lowest BCUT2D eigenvalue weighted by Crippen LogP contribution is -2.35. The average molecular weight is 196 g/mol. The zero-order valence-electron chi connectivity index (χ0n) is 8.40. The Hall–Kier alpha value is -0.940. The quantitative estimate of drug-likeness (QED) is 0.691. The lowest BCUT2D eigenvalue weighted by molar-refractivity contribution is 0.228. The van der Waals surface area contributed by atoms with E-state index < -0.39 is 0 Å². The maximum atomic E-state index is 9.11. The maximum absolute atomic E-state index is 9.11. The van der Waals surface area contributed by atoms with Crippen molar-refractivity contribution >= 4 is 0 Å². The first-order chi connectivity index (χ1) is 6.79. The van der Waals surface area contributed by atoms with Crippen molar-refractivity contribution < 1.29 is 5.11 Å². The third-order valence-electron chi connectivity index (χ3n) is 2.77. The normalized spacial score (nSPS) is 18.4. The predicted octanol–water partition coefficient (Wildman–Crippen LogP) is -0.0875. The van der Waals surface area contributed by atoms with E-state index in [1.165, 1.54) is 0 Å². The van der Waals surface area contributed by atoms with Gasteiger partial charge in [0.15, 0.2) is 0 Å². The number of aryl methyl sites for hydroxylation is 1. The molecule has 0 unspecified atom stereocenters. The van der Waals surface area contributed by atoms with E-state index in [0.29, 0.717) is 6.54 Å². The largest absolute Gasteiger partial charge is 0.394 e. The van der Waals surface area contributed by atoms with Gasteiger partial charge in [-0.2, -0.15) is 5.10 Å². The van der Waals surface area contributed by atoms with Gasteiger partial charge in [-0.3, -0.25) is 0 Å². The molecule has 1 aromatic heterocycles. The summed E-state index contributed by atoms with van der Waals surface area (Å²) in [4.78, 5) is 4.16. The number of hydrogen-bond acceptors (Lipinski definition) is 4. The fraction of sp³-hybridized carbons (Fsp3) is 0.778. The molecule has 2 N–H and O–H groups in total. The Morgan fingerprint density at radius 2 is 2.43 bits per heavy atom. The maximum Gasteiger partial charge on any atom is 0.140 e. The highest BCUT2D eigenvalue weighted by molar-refractivity contribution is 5.02. The van der Waals surface area contributed by atoms with Gasteiger partial charge in [-0.1, -0.05) is 0 Å². The average Bonchev–Trinajstić information content (AvgIpc) is 2.86. The number of aliphatic hydroxyl groups excluding tert-OH is 1. The Morgan fingerprint density at radius 1 is 1.64 bits per heavy atom. The van der Waals surface area contributed by atoms with Crippen LogP contribution in [-0.2, 0) is 13.1 Å². The van der Waals surface area contributed by atoms with Crippen molar-refractivity contribution in [2.75, 3.05) is 6.61 Å². The Balaban J connectivity index is 1.91. The SMILES string of the molecule is CCn1ncnc1CNC1(CO)CC1. The van der Waals surface area contributed by atoms with Crippen LogP contribution >= 0.6 is 0 Å². The van der Waals surface area contributed by atoms with Gasteiger partial charge in [0.2, 0.25) is 0 Å². The zero-order valence-corrected chi connectivity index (χ0v) is 8.40. The topological polar surface area (TPSA) is 63.0 Å². The summed E-state index contributed by atoms with van der Waals surface area (Å²) in [5.74, 6) is 0.937. The van der Waals surface area contributed by atoms with Crippen LogP contribution in [0.3, 0.4) is 0 Å². The molecule has 0 radical (unpaired) electrons. The van der Waals surface area contributed by atoms with Crippen LogP contribution < -0.4 is 5.32 Å². The molecule has 1 aliphatic rings. The molecule has 78 valence electrons. The molecule has 0 atom stereocenters. The number of aliphatic hydroxyl groups is 1. The summed E-state index contributed by atoms with van der Waals surface area (Å²) in [5, 5.41) is 16.5. The van der Waals surface area contributed by atoms with E-state index in [2.05, 4.69) is 15.4 Å². The van der Waals surface area contributed by atoms with E-state index in [0.717, 1.165) is 25.2 Å². The van der Waals surface area contributed by atoms with Crippen LogP contribution in [0.1, 0.15) is 25.6 Å². The Morgan fingerprint density at radius 3 is 3.00 bits per heavy atom. The second-order valence-corrected chi connectivity index (χ2v) is 3.78. The van der Waals surface area contributed by atoms with Gasteiger partial charge in [-0.05, 0) is 19.8 Å². The van der Waals surface area contributed by atoms with Crippen LogP contribution in [-0.4, -0.2) is 32.0 Å². The molecule has 5 heteroatoms. The number of rotatable bonds is 5. The summed E-state index contributed by atoms with van der Waals surface area (Å²) in [5.41, 5.74) is -0.0233. The van der Waals surface area contributed by atoms with Crippen molar-refractivity contribution in [3.8, 4) is 0 Å². The molecule has 1 aliphatic carbocycles. The number of nitrogens with zero attached hydrogens (tertiary/aromatic N) is 3. The van der Waals surface area contributed by atoms with Crippen LogP contribution in [0.5, 0.6) is 0 Å². The Bertz CT molecular complexity index is 306. The van der Waals surface area contributed by atoms with Gasteiger partial charge in [-0.15, -0.1) is 0 Å². The van der Waals surface area contributed by atoms with Gasteiger partial charge in [-0.25, -0.2) is 9.67 Å². The van der Waals surface area contributed by atoms with Gasteiger partial charge in [0.25, 0.3) is 0 Å². The first kappa shape index (κ1) is 9.61. The van der Waals surface area contributed by atoms with E-state index in [1.54, 1.807) is 6.33 Å². The van der Waals surface area contributed by atoms with Crippen LogP contribution in [0.2, 0.25) is 0 Å². The minimum Gasteiger partial charge on any atom is -0.394 e. The van der Waals surface area contributed by atoms with E-state index in [4.69, 9.17) is 5.11 Å². The van der Waals surface area contributed by atoms with Crippen molar-refractivity contribution in [3.05, 3.63) is 12.2 Å². The van der Waals surface area contributed by atoms with E-state index in [1.807, 2.05) is 11.6 Å². The third kappa shape index (κ3) is 1.78.